The summed E-state index contributed by atoms with van der Waals surface area (Å²) >= 11 is 0. The Bertz CT molecular complexity index is 1550. The topological polar surface area (TPSA) is 59.9 Å². The van der Waals surface area contributed by atoms with E-state index in [1.807, 2.05) is 78.9 Å². The molecule has 0 saturated heterocycles. The molecule has 5 aromatic carbocycles. The summed E-state index contributed by atoms with van der Waals surface area (Å²) in [6, 6.07) is 31.4. The Morgan fingerprint density at radius 1 is 0.806 bits per heavy atom. The van der Waals surface area contributed by atoms with Crippen LogP contribution in [0.3, 0.4) is 0 Å². The maximum atomic E-state index is 13.2. The third-order valence-corrected chi connectivity index (χ3v) is 5.71. The summed E-state index contributed by atoms with van der Waals surface area (Å²) in [5.41, 5.74) is 4.09. The first-order chi connectivity index (χ1) is 17.7. The molecule has 1 N–H and O–H groups in total. The molecule has 0 atom stereocenters. The Hall–Kier alpha value is -4.71. The van der Waals surface area contributed by atoms with Crippen molar-refractivity contribution in [3.05, 3.63) is 120 Å². The molecule has 0 spiro atoms. The summed E-state index contributed by atoms with van der Waals surface area (Å²) < 4.78 is 24.9. The molecule has 0 radical (unpaired) electrons. The average molecular weight is 479 g/mol. The number of hydrogen-bond acceptors (Lipinski definition) is 4. The van der Waals surface area contributed by atoms with Gasteiger partial charge in [-0.15, -0.1) is 0 Å². The highest BCUT2D eigenvalue weighted by Gasteiger charge is 2.09. The highest BCUT2D eigenvalue weighted by atomic mass is 19.1. The molecular formula is C30H23FN2O3. The number of amides is 1. The van der Waals surface area contributed by atoms with Crippen molar-refractivity contribution in [1.29, 1.82) is 0 Å². The minimum Gasteiger partial charge on any atom is -0.488 e. The highest BCUT2D eigenvalue weighted by Crippen LogP contribution is 2.27. The lowest BCUT2D eigenvalue weighted by Crippen LogP contribution is -2.24. The fourth-order valence-electron chi connectivity index (χ4n) is 3.88. The number of carbonyl (C=O) groups excluding carboxylic acids is 1. The van der Waals surface area contributed by atoms with Gasteiger partial charge in [0.05, 0.1) is 6.21 Å². The summed E-state index contributed by atoms with van der Waals surface area (Å²) in [4.78, 5) is 12.3. The number of nitrogens with zero attached hydrogens (tertiary/aromatic N) is 1. The Kier molecular flexibility index (Phi) is 6.85. The molecule has 5 nitrogen and oxygen atoms in total. The third kappa shape index (κ3) is 5.50. The molecule has 0 fully saturated rings. The van der Waals surface area contributed by atoms with Gasteiger partial charge in [-0.1, -0.05) is 72.8 Å². The van der Waals surface area contributed by atoms with Crippen LogP contribution in [0.1, 0.15) is 11.1 Å². The first-order valence-electron chi connectivity index (χ1n) is 11.5. The Morgan fingerprint density at radius 3 is 2.36 bits per heavy atom. The van der Waals surface area contributed by atoms with E-state index in [-0.39, 0.29) is 24.9 Å². The van der Waals surface area contributed by atoms with E-state index in [1.54, 1.807) is 18.3 Å². The number of fused-ring (bicyclic) bond motifs is 2. The first-order valence-corrected chi connectivity index (χ1v) is 11.5. The van der Waals surface area contributed by atoms with Crippen LogP contribution in [-0.4, -0.2) is 18.7 Å². The number of carbonyl (C=O) groups is 1. The van der Waals surface area contributed by atoms with Crippen LogP contribution in [0.25, 0.3) is 21.5 Å². The van der Waals surface area contributed by atoms with Crippen molar-refractivity contribution in [2.45, 2.75) is 6.61 Å². The molecule has 0 heterocycles. The van der Waals surface area contributed by atoms with Crippen LogP contribution in [0.15, 0.2) is 108 Å². The zero-order valence-corrected chi connectivity index (χ0v) is 19.4. The minimum atomic E-state index is -0.381. The summed E-state index contributed by atoms with van der Waals surface area (Å²) in [6.45, 7) is 0.102. The average Bonchev–Trinajstić information content (AvgIpc) is 2.92. The molecule has 5 rings (SSSR count). The van der Waals surface area contributed by atoms with Gasteiger partial charge in [0.25, 0.3) is 5.91 Å². The molecule has 36 heavy (non-hydrogen) atoms. The largest absolute Gasteiger partial charge is 0.488 e. The number of hydrogen-bond donors (Lipinski definition) is 1. The van der Waals surface area contributed by atoms with Crippen molar-refractivity contribution in [2.75, 3.05) is 6.61 Å². The Morgan fingerprint density at radius 2 is 1.53 bits per heavy atom. The summed E-state index contributed by atoms with van der Waals surface area (Å²) in [5.74, 6) is 0.535. The standard InChI is InChI=1S/C30H23FN2O3/c31-25-13-9-21(10-14-25)19-36-29-16-12-23-6-3-4-8-27(23)28(29)18-32-33-30(34)20-35-26-15-11-22-5-1-2-7-24(22)17-26/h1-18H,19-20H2,(H,33,34)/b32-18+. The van der Waals surface area contributed by atoms with Crippen LogP contribution in [0.5, 0.6) is 11.5 Å². The number of ether oxygens (including phenoxy) is 2. The van der Waals surface area contributed by atoms with E-state index in [4.69, 9.17) is 9.47 Å². The lowest BCUT2D eigenvalue weighted by Gasteiger charge is -2.12. The molecule has 0 bridgehead atoms. The van der Waals surface area contributed by atoms with Gasteiger partial charge in [-0.25, -0.2) is 9.82 Å². The van der Waals surface area contributed by atoms with Crippen LogP contribution in [0.2, 0.25) is 0 Å². The smallest absolute Gasteiger partial charge is 0.277 e. The van der Waals surface area contributed by atoms with E-state index in [2.05, 4.69) is 10.5 Å². The second-order valence-corrected chi connectivity index (χ2v) is 8.20. The Labute approximate surface area is 207 Å². The lowest BCUT2D eigenvalue weighted by molar-refractivity contribution is -0.123. The van der Waals surface area contributed by atoms with Crippen molar-refractivity contribution < 1.29 is 18.7 Å². The van der Waals surface area contributed by atoms with Gasteiger partial charge in [-0.05, 0) is 57.4 Å². The fraction of sp³-hybridized carbons (Fsp3) is 0.0667. The molecule has 0 unspecified atom stereocenters. The zero-order chi connectivity index (χ0) is 24.7. The van der Waals surface area contributed by atoms with Gasteiger partial charge in [-0.2, -0.15) is 5.10 Å². The van der Waals surface area contributed by atoms with Crippen molar-refractivity contribution in [2.24, 2.45) is 5.10 Å². The molecule has 6 heteroatoms. The number of rotatable bonds is 8. The summed E-state index contributed by atoms with van der Waals surface area (Å²) in [6.07, 6.45) is 1.57. The first kappa shape index (κ1) is 23.1. The number of halogens is 1. The summed E-state index contributed by atoms with van der Waals surface area (Å²) in [5, 5.41) is 8.23. The molecule has 0 aliphatic heterocycles. The Balaban J connectivity index is 1.27. The quantitative estimate of drug-likeness (QED) is 0.212. The SMILES string of the molecule is O=C(COc1ccc2ccccc2c1)N/N=C/c1c(OCc2ccc(F)cc2)ccc2ccccc12. The van der Waals surface area contributed by atoms with Crippen LogP contribution in [0.4, 0.5) is 4.39 Å². The normalized spacial score (nSPS) is 11.1. The van der Waals surface area contributed by atoms with Crippen molar-refractivity contribution >= 4 is 33.7 Å². The zero-order valence-electron chi connectivity index (χ0n) is 19.4. The van der Waals surface area contributed by atoms with Crippen molar-refractivity contribution in [3.63, 3.8) is 0 Å². The highest BCUT2D eigenvalue weighted by molar-refractivity contribution is 6.02. The van der Waals surface area contributed by atoms with Gasteiger partial charge in [0, 0.05) is 5.56 Å². The molecule has 0 saturated carbocycles. The second kappa shape index (κ2) is 10.7. The molecule has 5 aromatic rings. The van der Waals surface area contributed by atoms with E-state index < -0.39 is 0 Å². The molecule has 178 valence electrons. The maximum Gasteiger partial charge on any atom is 0.277 e. The van der Waals surface area contributed by atoms with E-state index in [1.165, 1.54) is 12.1 Å². The van der Waals surface area contributed by atoms with Crippen LogP contribution >= 0.6 is 0 Å². The van der Waals surface area contributed by atoms with Gasteiger partial charge < -0.3 is 9.47 Å². The van der Waals surface area contributed by atoms with Crippen molar-refractivity contribution in [3.8, 4) is 11.5 Å². The molecule has 1 amide bonds. The van der Waals surface area contributed by atoms with Crippen LogP contribution in [-0.2, 0) is 11.4 Å². The fourth-order valence-corrected chi connectivity index (χ4v) is 3.88. The van der Waals surface area contributed by atoms with E-state index in [0.717, 1.165) is 32.7 Å². The summed E-state index contributed by atoms with van der Waals surface area (Å²) in [7, 11) is 0. The predicted molar refractivity (Wildman–Crippen MR) is 140 cm³/mol. The van der Waals surface area contributed by atoms with Gasteiger partial charge in [0.1, 0.15) is 23.9 Å². The molecule has 0 aromatic heterocycles. The van der Waals surface area contributed by atoms with Gasteiger partial charge >= 0.3 is 0 Å². The monoisotopic (exact) mass is 478 g/mol. The predicted octanol–water partition coefficient (Wildman–Crippen LogP) is 6.24. The van der Waals surface area contributed by atoms with E-state index >= 15 is 0 Å². The van der Waals surface area contributed by atoms with Crippen molar-refractivity contribution in [1.82, 2.24) is 5.43 Å². The number of hydrazone groups is 1. The van der Waals surface area contributed by atoms with Crippen LogP contribution < -0.4 is 14.9 Å². The van der Waals surface area contributed by atoms with Gasteiger partial charge in [0.15, 0.2) is 6.61 Å². The van der Waals surface area contributed by atoms with E-state index in [9.17, 15) is 9.18 Å². The lowest BCUT2D eigenvalue weighted by atomic mass is 10.0. The minimum absolute atomic E-state index is 0.168. The second-order valence-electron chi connectivity index (χ2n) is 8.20. The number of benzene rings is 5. The van der Waals surface area contributed by atoms with E-state index in [0.29, 0.717) is 11.5 Å². The van der Waals surface area contributed by atoms with Crippen LogP contribution in [0, 0.1) is 5.82 Å². The molecule has 0 aliphatic carbocycles. The third-order valence-electron chi connectivity index (χ3n) is 5.71. The van der Waals surface area contributed by atoms with Gasteiger partial charge in [-0.3, -0.25) is 4.79 Å². The number of nitrogens with one attached hydrogen (secondary N) is 1. The molecule has 0 aliphatic rings. The maximum absolute atomic E-state index is 13.2. The van der Waals surface area contributed by atoms with Gasteiger partial charge in [0.2, 0.25) is 0 Å². The molecular weight excluding hydrogens is 455 g/mol.